The quantitative estimate of drug-likeness (QED) is 0.649. The molecule has 0 fully saturated rings. The third-order valence-corrected chi connectivity index (χ3v) is 3.13. The second-order valence-corrected chi connectivity index (χ2v) is 5.03. The van der Waals surface area contributed by atoms with E-state index in [1.165, 1.54) is 6.42 Å². The average molecular weight is 286 g/mol. The van der Waals surface area contributed by atoms with Crippen LogP contribution < -0.4 is 5.32 Å². The summed E-state index contributed by atoms with van der Waals surface area (Å²) in [4.78, 5) is 0. The Labute approximate surface area is 120 Å². The molecule has 0 bridgehead atoms. The van der Waals surface area contributed by atoms with E-state index in [0.717, 1.165) is 38.2 Å². The molecule has 108 valence electrons. The molecule has 3 nitrogen and oxygen atoms in total. The van der Waals surface area contributed by atoms with Crippen LogP contribution in [0.1, 0.15) is 37.9 Å². The number of hydrogen-bond acceptors (Lipinski definition) is 3. The van der Waals surface area contributed by atoms with Crippen molar-refractivity contribution >= 4 is 11.6 Å². The van der Waals surface area contributed by atoms with Crippen LogP contribution in [0.3, 0.4) is 0 Å². The molecular formula is C15H24ClNO2. The lowest BCUT2D eigenvalue weighted by atomic mass is 10.1. The van der Waals surface area contributed by atoms with Crippen LogP contribution in [-0.4, -0.2) is 31.4 Å². The summed E-state index contributed by atoms with van der Waals surface area (Å²) in [6.45, 7) is 5.20. The Morgan fingerprint density at radius 3 is 2.58 bits per heavy atom. The molecule has 2 N–H and O–H groups in total. The number of hydrogen-bond donors (Lipinski definition) is 2. The van der Waals surface area contributed by atoms with Crippen LogP contribution in [0.25, 0.3) is 0 Å². The fourth-order valence-electron chi connectivity index (χ4n) is 1.69. The summed E-state index contributed by atoms with van der Waals surface area (Å²) >= 11 is 5.80. The first kappa shape index (κ1) is 16.4. The third-order valence-electron chi connectivity index (χ3n) is 2.88. The minimum absolute atomic E-state index is 0.488. The molecule has 1 unspecified atom stereocenters. The maximum Gasteiger partial charge on any atom is 0.0914 e. The van der Waals surface area contributed by atoms with Crippen molar-refractivity contribution in [1.29, 1.82) is 0 Å². The van der Waals surface area contributed by atoms with Crippen molar-refractivity contribution in [3.05, 3.63) is 34.9 Å². The Bertz CT molecular complexity index is 329. The van der Waals surface area contributed by atoms with Crippen molar-refractivity contribution in [1.82, 2.24) is 5.32 Å². The average Bonchev–Trinajstić information content (AvgIpc) is 2.42. The monoisotopic (exact) mass is 285 g/mol. The van der Waals surface area contributed by atoms with Gasteiger partial charge in [-0.05, 0) is 37.1 Å². The lowest BCUT2D eigenvalue weighted by Crippen LogP contribution is -2.23. The Morgan fingerprint density at radius 1 is 1.21 bits per heavy atom. The zero-order valence-electron chi connectivity index (χ0n) is 11.6. The van der Waals surface area contributed by atoms with Crippen LogP contribution in [0.4, 0.5) is 0 Å². The zero-order valence-corrected chi connectivity index (χ0v) is 12.3. The van der Waals surface area contributed by atoms with Crippen molar-refractivity contribution in [2.75, 3.05) is 26.3 Å². The van der Waals surface area contributed by atoms with Gasteiger partial charge in [0.1, 0.15) is 0 Å². The molecule has 0 amide bonds. The number of rotatable bonds is 10. The summed E-state index contributed by atoms with van der Waals surface area (Å²) in [5, 5.41) is 13.9. The SMILES string of the molecule is CCCCOCCCNCC(O)c1ccc(Cl)cc1. The molecule has 1 atom stereocenters. The third kappa shape index (κ3) is 7.53. The van der Waals surface area contributed by atoms with Crippen LogP contribution in [0.2, 0.25) is 5.02 Å². The number of ether oxygens (including phenoxy) is 1. The van der Waals surface area contributed by atoms with E-state index < -0.39 is 6.10 Å². The van der Waals surface area contributed by atoms with Gasteiger partial charge in [0.25, 0.3) is 0 Å². The van der Waals surface area contributed by atoms with Gasteiger partial charge in [-0.25, -0.2) is 0 Å². The molecule has 1 rings (SSSR count). The predicted molar refractivity (Wildman–Crippen MR) is 79.6 cm³/mol. The zero-order chi connectivity index (χ0) is 13.9. The van der Waals surface area contributed by atoms with Gasteiger partial charge in [0, 0.05) is 24.8 Å². The fourth-order valence-corrected chi connectivity index (χ4v) is 1.82. The highest BCUT2D eigenvalue weighted by molar-refractivity contribution is 6.30. The summed E-state index contributed by atoms with van der Waals surface area (Å²) in [7, 11) is 0. The molecule has 19 heavy (non-hydrogen) atoms. The molecule has 1 aromatic carbocycles. The maximum absolute atomic E-state index is 9.95. The van der Waals surface area contributed by atoms with E-state index in [1.54, 1.807) is 12.1 Å². The van der Waals surface area contributed by atoms with Crippen molar-refractivity contribution in [3.63, 3.8) is 0 Å². The molecule has 1 aromatic rings. The van der Waals surface area contributed by atoms with E-state index in [0.29, 0.717) is 11.6 Å². The summed E-state index contributed by atoms with van der Waals surface area (Å²) in [5.74, 6) is 0. The largest absolute Gasteiger partial charge is 0.387 e. The molecule has 0 aliphatic heterocycles. The Balaban J connectivity index is 2.04. The lowest BCUT2D eigenvalue weighted by molar-refractivity contribution is 0.126. The Hall–Kier alpha value is -0.610. The van der Waals surface area contributed by atoms with Gasteiger partial charge in [-0.3, -0.25) is 0 Å². The summed E-state index contributed by atoms with van der Waals surface area (Å²) in [6, 6.07) is 7.29. The highest BCUT2D eigenvalue weighted by Crippen LogP contribution is 2.15. The molecule has 4 heteroatoms. The predicted octanol–water partition coefficient (Wildman–Crippen LogP) is 3.17. The summed E-state index contributed by atoms with van der Waals surface area (Å²) < 4.78 is 5.46. The van der Waals surface area contributed by atoms with Gasteiger partial charge in [-0.1, -0.05) is 37.1 Å². The molecule has 0 aliphatic rings. The summed E-state index contributed by atoms with van der Waals surface area (Å²) in [6.07, 6.45) is 2.78. The minimum Gasteiger partial charge on any atom is -0.387 e. The molecule has 0 saturated heterocycles. The fraction of sp³-hybridized carbons (Fsp3) is 0.600. The molecule has 0 spiro atoms. The van der Waals surface area contributed by atoms with E-state index in [-0.39, 0.29) is 0 Å². The number of benzene rings is 1. The van der Waals surface area contributed by atoms with Gasteiger partial charge in [-0.2, -0.15) is 0 Å². The normalized spacial score (nSPS) is 12.6. The van der Waals surface area contributed by atoms with Crippen LogP contribution in [0.5, 0.6) is 0 Å². The van der Waals surface area contributed by atoms with Crippen molar-refractivity contribution in [2.24, 2.45) is 0 Å². The molecule has 0 heterocycles. The van der Waals surface area contributed by atoms with Gasteiger partial charge < -0.3 is 15.2 Å². The maximum atomic E-state index is 9.95. The van der Waals surface area contributed by atoms with Crippen molar-refractivity contribution in [3.8, 4) is 0 Å². The lowest BCUT2D eigenvalue weighted by Gasteiger charge is -2.12. The van der Waals surface area contributed by atoms with Crippen molar-refractivity contribution in [2.45, 2.75) is 32.3 Å². The minimum atomic E-state index is -0.488. The van der Waals surface area contributed by atoms with E-state index in [9.17, 15) is 5.11 Å². The van der Waals surface area contributed by atoms with Gasteiger partial charge in [0.05, 0.1) is 6.10 Å². The smallest absolute Gasteiger partial charge is 0.0914 e. The molecule has 0 aliphatic carbocycles. The first-order valence-corrected chi connectivity index (χ1v) is 7.34. The number of aliphatic hydroxyl groups is 1. The number of nitrogens with one attached hydrogen (secondary N) is 1. The van der Waals surface area contributed by atoms with Gasteiger partial charge >= 0.3 is 0 Å². The van der Waals surface area contributed by atoms with E-state index in [2.05, 4.69) is 12.2 Å². The van der Waals surface area contributed by atoms with E-state index in [4.69, 9.17) is 16.3 Å². The van der Waals surface area contributed by atoms with Crippen LogP contribution >= 0.6 is 11.6 Å². The standard InChI is InChI=1S/C15H24ClNO2/c1-2-3-10-19-11-4-9-17-12-15(18)13-5-7-14(16)8-6-13/h5-8,15,17-18H,2-4,9-12H2,1H3. The van der Waals surface area contributed by atoms with Crippen LogP contribution in [0.15, 0.2) is 24.3 Å². The van der Waals surface area contributed by atoms with Gasteiger partial charge in [0.2, 0.25) is 0 Å². The van der Waals surface area contributed by atoms with Gasteiger partial charge in [-0.15, -0.1) is 0 Å². The van der Waals surface area contributed by atoms with E-state index in [1.807, 2.05) is 12.1 Å². The number of halogens is 1. The topological polar surface area (TPSA) is 41.5 Å². The highest BCUT2D eigenvalue weighted by atomic mass is 35.5. The van der Waals surface area contributed by atoms with Gasteiger partial charge in [0.15, 0.2) is 0 Å². The van der Waals surface area contributed by atoms with Crippen molar-refractivity contribution < 1.29 is 9.84 Å². The first-order valence-electron chi connectivity index (χ1n) is 6.96. The summed E-state index contributed by atoms with van der Waals surface area (Å²) in [5.41, 5.74) is 0.885. The van der Waals surface area contributed by atoms with E-state index >= 15 is 0 Å². The molecule has 0 aromatic heterocycles. The molecular weight excluding hydrogens is 262 g/mol. The Morgan fingerprint density at radius 2 is 1.89 bits per heavy atom. The Kier molecular flexibility index (Phi) is 8.84. The molecule has 0 radical (unpaired) electrons. The number of aliphatic hydroxyl groups excluding tert-OH is 1. The second-order valence-electron chi connectivity index (χ2n) is 4.59. The first-order chi connectivity index (χ1) is 9.24. The van der Waals surface area contributed by atoms with Crippen LogP contribution in [0, 0.1) is 0 Å². The highest BCUT2D eigenvalue weighted by Gasteiger charge is 2.06. The second kappa shape index (κ2) is 10.2. The van der Waals surface area contributed by atoms with Crippen LogP contribution in [-0.2, 0) is 4.74 Å². The number of unbranched alkanes of at least 4 members (excludes halogenated alkanes) is 1. The molecule has 0 saturated carbocycles.